The Morgan fingerprint density at radius 2 is 2.07 bits per heavy atom. The molecule has 0 spiro atoms. The molecule has 29 heavy (non-hydrogen) atoms. The fraction of sp³-hybridized carbons (Fsp3) is 0.389. The predicted molar refractivity (Wildman–Crippen MR) is 106 cm³/mol. The van der Waals surface area contributed by atoms with Gasteiger partial charge < -0.3 is 10.1 Å². The highest BCUT2D eigenvalue weighted by Crippen LogP contribution is 2.34. The Morgan fingerprint density at radius 1 is 1.38 bits per heavy atom. The summed E-state index contributed by atoms with van der Waals surface area (Å²) >= 11 is 2.67. The van der Waals surface area contributed by atoms with E-state index in [1.807, 2.05) is 13.8 Å². The molecular formula is C18H18F3N3O3S2. The summed E-state index contributed by atoms with van der Waals surface area (Å²) in [4.78, 5) is 30.1. The van der Waals surface area contributed by atoms with Crippen LogP contribution in [0, 0.1) is 0 Å². The summed E-state index contributed by atoms with van der Waals surface area (Å²) in [5, 5.41) is 3.37. The van der Waals surface area contributed by atoms with Crippen LogP contribution in [0.4, 0.5) is 18.9 Å². The van der Waals surface area contributed by atoms with Crippen LogP contribution in [0.1, 0.15) is 19.5 Å². The van der Waals surface area contributed by atoms with Crippen LogP contribution in [-0.4, -0.2) is 32.8 Å². The highest BCUT2D eigenvalue weighted by Gasteiger charge is 2.31. The zero-order valence-electron chi connectivity index (χ0n) is 15.6. The molecule has 1 atom stereocenters. The Hall–Kier alpha value is -2.14. The maximum Gasteiger partial charge on any atom is 0.573 e. The number of anilines is 1. The molecule has 0 radical (unpaired) electrons. The van der Waals surface area contributed by atoms with E-state index >= 15 is 0 Å². The van der Waals surface area contributed by atoms with Crippen LogP contribution >= 0.6 is 23.5 Å². The monoisotopic (exact) mass is 445 g/mol. The summed E-state index contributed by atoms with van der Waals surface area (Å²) in [6, 6.07) is 4.87. The number of fused-ring (bicyclic) bond motifs is 1. The Morgan fingerprint density at radius 3 is 2.69 bits per heavy atom. The lowest BCUT2D eigenvalue weighted by Gasteiger charge is -2.12. The average Bonchev–Trinajstić information content (AvgIpc) is 3.01. The fourth-order valence-corrected chi connectivity index (χ4v) is 4.78. The third-order valence-corrected chi connectivity index (χ3v) is 6.17. The molecule has 2 aromatic rings. The molecule has 1 aromatic heterocycles. The molecule has 1 N–H and O–H groups in total. The van der Waals surface area contributed by atoms with E-state index in [2.05, 4.69) is 15.0 Å². The van der Waals surface area contributed by atoms with E-state index in [1.165, 1.54) is 23.9 Å². The average molecular weight is 445 g/mol. The van der Waals surface area contributed by atoms with Gasteiger partial charge in [-0.15, -0.1) is 24.9 Å². The normalized spacial score (nSPS) is 15.8. The molecule has 1 unspecified atom stereocenters. The van der Waals surface area contributed by atoms with Crippen LogP contribution in [0.15, 0.2) is 39.1 Å². The van der Waals surface area contributed by atoms with Gasteiger partial charge >= 0.3 is 6.36 Å². The molecule has 156 valence electrons. The van der Waals surface area contributed by atoms with Crippen molar-refractivity contribution in [2.45, 2.75) is 48.5 Å². The number of nitrogens with one attached hydrogen (secondary N) is 1. The van der Waals surface area contributed by atoms with Gasteiger partial charge in [-0.25, -0.2) is 4.98 Å². The number of benzene rings is 1. The molecule has 0 fully saturated rings. The van der Waals surface area contributed by atoms with Crippen molar-refractivity contribution in [1.82, 2.24) is 9.55 Å². The third kappa shape index (κ3) is 5.47. The van der Waals surface area contributed by atoms with Crippen LogP contribution in [-0.2, 0) is 17.8 Å². The summed E-state index contributed by atoms with van der Waals surface area (Å²) in [5.74, 6) is -0.722. The first-order chi connectivity index (χ1) is 13.7. The number of halogens is 3. The molecule has 1 amide bonds. The van der Waals surface area contributed by atoms with E-state index in [0.29, 0.717) is 34.0 Å². The fourth-order valence-electron chi connectivity index (χ4n) is 2.79. The Balaban J connectivity index is 1.63. The molecule has 1 aliphatic heterocycles. The van der Waals surface area contributed by atoms with Gasteiger partial charge in [0.25, 0.3) is 5.56 Å². The first kappa shape index (κ1) is 21.6. The molecule has 11 heteroatoms. The number of rotatable bonds is 6. The second kappa shape index (κ2) is 8.70. The minimum Gasteiger partial charge on any atom is -0.406 e. The third-order valence-electron chi connectivity index (χ3n) is 3.98. The van der Waals surface area contributed by atoms with Gasteiger partial charge in [-0.1, -0.05) is 18.7 Å². The van der Waals surface area contributed by atoms with Crippen LogP contribution < -0.4 is 15.6 Å². The topological polar surface area (TPSA) is 73.2 Å². The quantitative estimate of drug-likeness (QED) is 0.537. The van der Waals surface area contributed by atoms with Crippen molar-refractivity contribution in [2.24, 2.45) is 0 Å². The molecule has 0 saturated heterocycles. The number of nitrogens with zero attached hydrogens (tertiary/aromatic N) is 2. The molecule has 2 heterocycles. The van der Waals surface area contributed by atoms with E-state index in [4.69, 9.17) is 0 Å². The van der Waals surface area contributed by atoms with Gasteiger partial charge in [-0.05, 0) is 31.2 Å². The number of amides is 1. The molecule has 6 nitrogen and oxygen atoms in total. The van der Waals surface area contributed by atoms with Crippen LogP contribution in [0.3, 0.4) is 0 Å². The van der Waals surface area contributed by atoms with Gasteiger partial charge in [0.15, 0.2) is 5.16 Å². The smallest absolute Gasteiger partial charge is 0.406 e. The van der Waals surface area contributed by atoms with E-state index < -0.39 is 6.36 Å². The number of thioether (sulfide) groups is 2. The van der Waals surface area contributed by atoms with Crippen LogP contribution in [0.25, 0.3) is 0 Å². The molecule has 1 aromatic carbocycles. The van der Waals surface area contributed by atoms with E-state index in [0.717, 1.165) is 29.6 Å². The maximum atomic E-state index is 12.6. The van der Waals surface area contributed by atoms with Crippen molar-refractivity contribution in [3.8, 4) is 5.75 Å². The second-order valence-corrected chi connectivity index (χ2v) is 8.65. The van der Waals surface area contributed by atoms with Gasteiger partial charge in [-0.3, -0.25) is 14.2 Å². The minimum absolute atomic E-state index is 0.00866. The van der Waals surface area contributed by atoms with Crippen LogP contribution in [0.2, 0.25) is 0 Å². The first-order valence-corrected chi connectivity index (χ1v) is 10.6. The number of alkyl halides is 3. The zero-order chi connectivity index (χ0) is 21.2. The van der Waals surface area contributed by atoms with E-state index in [9.17, 15) is 22.8 Å². The van der Waals surface area contributed by atoms with E-state index in [-0.39, 0.29) is 23.0 Å². The first-order valence-electron chi connectivity index (χ1n) is 8.75. The van der Waals surface area contributed by atoms with Gasteiger partial charge in [0.1, 0.15) is 5.75 Å². The SMILES string of the molecule is CCn1c(SCC(=O)Nc2ccc(OC(F)(F)F)cc2)nc2c(c1=O)SC(C)C2. The number of hydrogen-bond donors (Lipinski definition) is 1. The molecule has 0 aliphatic carbocycles. The summed E-state index contributed by atoms with van der Waals surface area (Å²) in [5.41, 5.74) is 1.01. The van der Waals surface area contributed by atoms with Crippen molar-refractivity contribution in [3.63, 3.8) is 0 Å². The lowest BCUT2D eigenvalue weighted by atomic mass is 10.2. The van der Waals surface area contributed by atoms with Crippen molar-refractivity contribution in [1.29, 1.82) is 0 Å². The molecule has 0 saturated carbocycles. The van der Waals surface area contributed by atoms with E-state index in [1.54, 1.807) is 4.57 Å². The number of hydrogen-bond acceptors (Lipinski definition) is 6. The van der Waals surface area contributed by atoms with Gasteiger partial charge in [0.2, 0.25) is 5.91 Å². The maximum absolute atomic E-state index is 12.6. The lowest BCUT2D eigenvalue weighted by Crippen LogP contribution is -2.25. The minimum atomic E-state index is -4.77. The molecule has 1 aliphatic rings. The van der Waals surface area contributed by atoms with Crippen molar-refractivity contribution >= 4 is 35.1 Å². The van der Waals surface area contributed by atoms with Crippen molar-refractivity contribution in [3.05, 3.63) is 40.3 Å². The number of aromatic nitrogens is 2. The standard InChI is InChI=1S/C18H18F3N3O3S2/c1-3-24-16(26)15-13(8-10(2)29-15)23-17(24)28-9-14(25)22-11-4-6-12(7-5-11)27-18(19,20)21/h4-7,10H,3,8-9H2,1-2H3,(H,22,25). The number of carbonyl (C=O) groups excluding carboxylic acids is 1. The Bertz CT molecular complexity index is 962. The van der Waals surface area contributed by atoms with Crippen molar-refractivity contribution < 1.29 is 22.7 Å². The highest BCUT2D eigenvalue weighted by atomic mass is 32.2. The molecular weight excluding hydrogens is 427 g/mol. The largest absolute Gasteiger partial charge is 0.573 e. The Labute approximate surface area is 173 Å². The van der Waals surface area contributed by atoms with Crippen molar-refractivity contribution in [2.75, 3.05) is 11.1 Å². The Kier molecular flexibility index (Phi) is 6.47. The van der Waals surface area contributed by atoms with Gasteiger partial charge in [0.05, 0.1) is 16.3 Å². The lowest BCUT2D eigenvalue weighted by molar-refractivity contribution is -0.274. The molecule has 0 bridgehead atoms. The van der Waals surface area contributed by atoms with Gasteiger partial charge in [0, 0.05) is 23.9 Å². The zero-order valence-corrected chi connectivity index (χ0v) is 17.2. The number of ether oxygens (including phenoxy) is 1. The summed E-state index contributed by atoms with van der Waals surface area (Å²) in [7, 11) is 0. The van der Waals surface area contributed by atoms with Crippen LogP contribution in [0.5, 0.6) is 5.75 Å². The van der Waals surface area contributed by atoms with Gasteiger partial charge in [-0.2, -0.15) is 0 Å². The molecule has 3 rings (SSSR count). The highest BCUT2D eigenvalue weighted by molar-refractivity contribution is 8.00. The summed E-state index contributed by atoms with van der Waals surface area (Å²) in [6.07, 6.45) is -4.05. The summed E-state index contributed by atoms with van der Waals surface area (Å²) in [6.45, 7) is 4.32. The predicted octanol–water partition coefficient (Wildman–Crippen LogP) is 3.93. The number of carbonyl (C=O) groups is 1. The second-order valence-electron chi connectivity index (χ2n) is 6.26. The summed E-state index contributed by atoms with van der Waals surface area (Å²) < 4.78 is 41.9.